The Morgan fingerprint density at radius 3 is 2.85 bits per heavy atom. The average molecular weight is 306 g/mol. The van der Waals surface area contributed by atoms with Crippen LogP contribution in [0.5, 0.6) is 0 Å². The lowest BCUT2D eigenvalue weighted by Gasteiger charge is -2.09. The third-order valence-corrected chi connectivity index (χ3v) is 4.03. The summed E-state index contributed by atoms with van der Waals surface area (Å²) < 4.78 is 0. The first kappa shape index (κ1) is 13.1. The van der Waals surface area contributed by atoms with Gasteiger partial charge in [0.15, 0.2) is 0 Å². The number of anilines is 2. The van der Waals surface area contributed by atoms with Crippen LogP contribution >= 0.6 is 22.9 Å². The van der Waals surface area contributed by atoms with Gasteiger partial charge in [0.1, 0.15) is 10.6 Å². The number of nitrogens with one attached hydrogen (secondary N) is 2. The van der Waals surface area contributed by atoms with E-state index in [0.717, 1.165) is 26.6 Å². The Morgan fingerprint density at radius 1 is 1.20 bits per heavy atom. The number of fused-ring (bicyclic) bond motifs is 1. The first-order valence-electron chi connectivity index (χ1n) is 5.97. The maximum atomic E-state index is 6.14. The maximum absolute atomic E-state index is 6.14. The van der Waals surface area contributed by atoms with Crippen molar-refractivity contribution in [3.63, 3.8) is 0 Å². The van der Waals surface area contributed by atoms with E-state index in [2.05, 4.69) is 20.7 Å². The second kappa shape index (κ2) is 5.62. The molecule has 3 rings (SSSR count). The van der Waals surface area contributed by atoms with Gasteiger partial charge in [0.2, 0.25) is 5.95 Å². The smallest absolute Gasteiger partial charge is 0.240 e. The lowest BCUT2D eigenvalue weighted by molar-refractivity contribution is 1.09. The van der Waals surface area contributed by atoms with Crippen LogP contribution < -0.4 is 16.6 Å². The van der Waals surface area contributed by atoms with E-state index in [1.807, 2.05) is 35.7 Å². The number of hydrogen-bond donors (Lipinski definition) is 3. The zero-order valence-corrected chi connectivity index (χ0v) is 12.0. The summed E-state index contributed by atoms with van der Waals surface area (Å²) in [6.07, 6.45) is 0. The highest BCUT2D eigenvalue weighted by Crippen LogP contribution is 2.27. The zero-order chi connectivity index (χ0) is 13.9. The van der Waals surface area contributed by atoms with Gasteiger partial charge in [-0.2, -0.15) is 4.98 Å². The molecule has 0 fully saturated rings. The Hall–Kier alpha value is -1.89. The molecule has 5 nitrogen and oxygen atoms in total. The first-order chi connectivity index (χ1) is 9.78. The fourth-order valence-corrected chi connectivity index (χ4v) is 2.84. The Kier molecular flexibility index (Phi) is 3.68. The van der Waals surface area contributed by atoms with E-state index in [0.29, 0.717) is 12.5 Å². The van der Waals surface area contributed by atoms with Gasteiger partial charge in [-0.25, -0.2) is 10.8 Å². The minimum atomic E-state index is 0.390. The van der Waals surface area contributed by atoms with E-state index in [9.17, 15) is 0 Å². The molecule has 1 aromatic carbocycles. The quantitative estimate of drug-likeness (QED) is 0.509. The van der Waals surface area contributed by atoms with Gasteiger partial charge in [-0.3, -0.25) is 5.43 Å². The van der Waals surface area contributed by atoms with Gasteiger partial charge in [-0.05, 0) is 23.1 Å². The molecule has 0 aliphatic carbocycles. The summed E-state index contributed by atoms with van der Waals surface area (Å²) in [5.74, 6) is 6.52. The van der Waals surface area contributed by atoms with Crippen LogP contribution in [0, 0.1) is 0 Å². The van der Waals surface area contributed by atoms with Crippen LogP contribution in [0.2, 0.25) is 5.02 Å². The van der Waals surface area contributed by atoms with Gasteiger partial charge in [-0.15, -0.1) is 11.3 Å². The summed E-state index contributed by atoms with van der Waals surface area (Å²) in [5.41, 5.74) is 3.49. The van der Waals surface area contributed by atoms with Crippen LogP contribution in [0.1, 0.15) is 5.56 Å². The second-order valence-electron chi connectivity index (χ2n) is 4.12. The molecule has 20 heavy (non-hydrogen) atoms. The van der Waals surface area contributed by atoms with Gasteiger partial charge in [-0.1, -0.05) is 29.8 Å². The minimum Gasteiger partial charge on any atom is -0.365 e. The molecule has 0 saturated heterocycles. The summed E-state index contributed by atoms with van der Waals surface area (Å²) in [4.78, 5) is 9.52. The summed E-state index contributed by atoms with van der Waals surface area (Å²) in [6, 6.07) is 9.68. The Labute approximate surface area is 124 Å². The minimum absolute atomic E-state index is 0.390. The van der Waals surface area contributed by atoms with Crippen molar-refractivity contribution in [1.82, 2.24) is 9.97 Å². The van der Waals surface area contributed by atoms with Crippen molar-refractivity contribution in [3.05, 3.63) is 46.3 Å². The SMILES string of the molecule is NNc1nc(NCc2ccccc2Cl)c2ccsc2n1. The normalized spacial score (nSPS) is 10.7. The van der Waals surface area contributed by atoms with Crippen LogP contribution in [0.25, 0.3) is 10.2 Å². The van der Waals surface area contributed by atoms with Crippen molar-refractivity contribution in [1.29, 1.82) is 0 Å². The number of nitrogens with two attached hydrogens (primary N) is 1. The van der Waals surface area contributed by atoms with Gasteiger partial charge >= 0.3 is 0 Å². The topological polar surface area (TPSA) is 75.9 Å². The highest BCUT2D eigenvalue weighted by molar-refractivity contribution is 7.16. The molecule has 0 saturated carbocycles. The number of nitrogen functional groups attached to an aromatic ring is 1. The fourth-order valence-electron chi connectivity index (χ4n) is 1.88. The summed E-state index contributed by atoms with van der Waals surface area (Å²) in [6.45, 7) is 0.589. The molecule has 0 spiro atoms. The van der Waals surface area contributed by atoms with Gasteiger partial charge in [0.25, 0.3) is 0 Å². The van der Waals surface area contributed by atoms with E-state index >= 15 is 0 Å². The molecule has 102 valence electrons. The number of benzene rings is 1. The number of halogens is 1. The number of thiophene rings is 1. The van der Waals surface area contributed by atoms with Gasteiger partial charge < -0.3 is 5.32 Å². The Balaban J connectivity index is 1.90. The zero-order valence-electron chi connectivity index (χ0n) is 10.4. The molecule has 0 atom stereocenters. The van der Waals surface area contributed by atoms with Crippen LogP contribution in [-0.2, 0) is 6.54 Å². The lowest BCUT2D eigenvalue weighted by Crippen LogP contribution is -2.12. The number of rotatable bonds is 4. The number of nitrogens with zero attached hydrogens (tertiary/aromatic N) is 2. The lowest BCUT2D eigenvalue weighted by atomic mass is 10.2. The molecule has 0 aliphatic rings. The van der Waals surface area contributed by atoms with Gasteiger partial charge in [0.05, 0.1) is 5.39 Å². The van der Waals surface area contributed by atoms with E-state index in [1.54, 1.807) is 11.3 Å². The Bertz CT molecular complexity index is 742. The van der Waals surface area contributed by atoms with Crippen molar-refractivity contribution in [2.75, 3.05) is 10.7 Å². The third kappa shape index (κ3) is 2.53. The van der Waals surface area contributed by atoms with Crippen molar-refractivity contribution in [2.24, 2.45) is 5.84 Å². The van der Waals surface area contributed by atoms with Crippen molar-refractivity contribution in [2.45, 2.75) is 6.54 Å². The summed E-state index contributed by atoms with van der Waals surface area (Å²) in [7, 11) is 0. The van der Waals surface area contributed by atoms with Crippen molar-refractivity contribution in [3.8, 4) is 0 Å². The number of aromatic nitrogens is 2. The molecule has 0 radical (unpaired) electrons. The number of hydrazine groups is 1. The van der Waals surface area contributed by atoms with Gasteiger partial charge in [0, 0.05) is 11.6 Å². The first-order valence-corrected chi connectivity index (χ1v) is 7.23. The van der Waals surface area contributed by atoms with E-state index in [1.165, 1.54) is 0 Å². The highest BCUT2D eigenvalue weighted by Gasteiger charge is 2.08. The standard InChI is InChI=1S/C13H12ClN5S/c14-10-4-2-1-3-8(10)7-16-11-9-5-6-20-12(9)18-13(17-11)19-15/h1-6H,7,15H2,(H2,16,17,18,19). The summed E-state index contributed by atoms with van der Waals surface area (Å²) >= 11 is 7.69. The third-order valence-electron chi connectivity index (χ3n) is 2.86. The molecule has 0 unspecified atom stereocenters. The maximum Gasteiger partial charge on any atom is 0.240 e. The number of hydrogen-bond acceptors (Lipinski definition) is 6. The van der Waals surface area contributed by atoms with Crippen LogP contribution in [0.3, 0.4) is 0 Å². The van der Waals surface area contributed by atoms with Crippen LogP contribution in [0.4, 0.5) is 11.8 Å². The molecule has 4 N–H and O–H groups in total. The van der Waals surface area contributed by atoms with E-state index in [4.69, 9.17) is 17.4 Å². The predicted molar refractivity (Wildman–Crippen MR) is 84.0 cm³/mol. The molecule has 0 amide bonds. The average Bonchev–Trinajstić information content (AvgIpc) is 2.94. The van der Waals surface area contributed by atoms with E-state index in [-0.39, 0.29) is 0 Å². The molecular formula is C13H12ClN5S. The molecule has 2 aromatic heterocycles. The predicted octanol–water partition coefficient (Wildman–Crippen LogP) is 3.24. The largest absolute Gasteiger partial charge is 0.365 e. The molecular weight excluding hydrogens is 294 g/mol. The Morgan fingerprint density at radius 2 is 2.05 bits per heavy atom. The molecule has 0 bridgehead atoms. The molecule has 2 heterocycles. The molecule has 3 aromatic rings. The van der Waals surface area contributed by atoms with E-state index < -0.39 is 0 Å². The molecule has 0 aliphatic heterocycles. The second-order valence-corrected chi connectivity index (χ2v) is 5.43. The monoisotopic (exact) mass is 305 g/mol. The highest BCUT2D eigenvalue weighted by atomic mass is 35.5. The summed E-state index contributed by atoms with van der Waals surface area (Å²) in [5, 5.41) is 6.96. The fraction of sp³-hybridized carbons (Fsp3) is 0.0769. The van der Waals surface area contributed by atoms with Crippen LogP contribution in [-0.4, -0.2) is 9.97 Å². The van der Waals surface area contributed by atoms with Crippen molar-refractivity contribution < 1.29 is 0 Å². The molecule has 7 heteroatoms. The van der Waals surface area contributed by atoms with Crippen molar-refractivity contribution >= 4 is 44.9 Å². The van der Waals surface area contributed by atoms with Crippen LogP contribution in [0.15, 0.2) is 35.7 Å².